The number of aromatic nitrogens is 2. The summed E-state index contributed by atoms with van der Waals surface area (Å²) in [6.07, 6.45) is 2.16. The first-order chi connectivity index (χ1) is 7.60. The van der Waals surface area contributed by atoms with Crippen LogP contribution in [-0.2, 0) is 13.5 Å². The van der Waals surface area contributed by atoms with Gasteiger partial charge in [0.15, 0.2) is 0 Å². The molecule has 0 aliphatic carbocycles. The highest BCUT2D eigenvalue weighted by Crippen LogP contribution is 2.23. The van der Waals surface area contributed by atoms with E-state index < -0.39 is 0 Å². The lowest BCUT2D eigenvalue weighted by Crippen LogP contribution is -2.24. The van der Waals surface area contributed by atoms with Crippen molar-refractivity contribution >= 4 is 11.6 Å². The molecule has 1 aromatic heterocycles. The lowest BCUT2D eigenvalue weighted by atomic mass is 10.00. The van der Waals surface area contributed by atoms with E-state index in [1.807, 2.05) is 18.7 Å². The van der Waals surface area contributed by atoms with Gasteiger partial charge in [-0.1, -0.05) is 31.9 Å². The van der Waals surface area contributed by atoms with Crippen LogP contribution in [0.1, 0.15) is 31.7 Å². The van der Waals surface area contributed by atoms with Crippen molar-refractivity contribution in [2.75, 3.05) is 13.1 Å². The molecule has 0 spiro atoms. The summed E-state index contributed by atoms with van der Waals surface area (Å²) in [5.41, 5.74) is 2.08. The van der Waals surface area contributed by atoms with E-state index >= 15 is 0 Å². The van der Waals surface area contributed by atoms with Gasteiger partial charge in [0.1, 0.15) is 0 Å². The fraction of sp³-hybridized carbons (Fsp3) is 0.750. The van der Waals surface area contributed by atoms with Gasteiger partial charge >= 0.3 is 0 Å². The van der Waals surface area contributed by atoms with Gasteiger partial charge in [-0.3, -0.25) is 4.68 Å². The van der Waals surface area contributed by atoms with Crippen molar-refractivity contribution in [1.82, 2.24) is 15.1 Å². The van der Waals surface area contributed by atoms with Gasteiger partial charge in [-0.2, -0.15) is 5.10 Å². The van der Waals surface area contributed by atoms with Crippen molar-refractivity contribution in [3.05, 3.63) is 16.4 Å². The van der Waals surface area contributed by atoms with Crippen LogP contribution < -0.4 is 5.32 Å². The minimum atomic E-state index is 0.632. The van der Waals surface area contributed by atoms with Gasteiger partial charge in [0.05, 0.1) is 16.4 Å². The second-order valence-electron chi connectivity index (χ2n) is 4.26. The number of hydrogen-bond acceptors (Lipinski definition) is 2. The second kappa shape index (κ2) is 6.26. The maximum absolute atomic E-state index is 6.25. The predicted octanol–water partition coefficient (Wildman–Crippen LogP) is 2.56. The summed E-state index contributed by atoms with van der Waals surface area (Å²) in [6.45, 7) is 8.38. The minimum Gasteiger partial charge on any atom is -0.317 e. The molecule has 0 radical (unpaired) electrons. The molecule has 4 heteroatoms. The van der Waals surface area contributed by atoms with Crippen LogP contribution in [-0.4, -0.2) is 22.9 Å². The molecule has 1 aromatic rings. The predicted molar refractivity (Wildman–Crippen MR) is 69.0 cm³/mol. The molecule has 0 saturated carbocycles. The quantitative estimate of drug-likeness (QED) is 0.832. The van der Waals surface area contributed by atoms with E-state index in [1.54, 1.807) is 0 Å². The highest BCUT2D eigenvalue weighted by atomic mass is 35.5. The van der Waals surface area contributed by atoms with Crippen molar-refractivity contribution in [1.29, 1.82) is 0 Å². The number of rotatable bonds is 6. The molecule has 0 aliphatic heterocycles. The molecular weight excluding hydrogens is 222 g/mol. The van der Waals surface area contributed by atoms with Gasteiger partial charge in [-0.05, 0) is 32.4 Å². The Labute approximate surface area is 103 Å². The van der Waals surface area contributed by atoms with Gasteiger partial charge in [-0.25, -0.2) is 0 Å². The van der Waals surface area contributed by atoms with Crippen LogP contribution in [0.2, 0.25) is 5.02 Å². The highest BCUT2D eigenvalue weighted by molar-refractivity contribution is 6.31. The van der Waals surface area contributed by atoms with E-state index in [1.165, 1.54) is 0 Å². The Morgan fingerprint density at radius 1 is 1.44 bits per heavy atom. The third kappa shape index (κ3) is 3.22. The van der Waals surface area contributed by atoms with Gasteiger partial charge < -0.3 is 5.32 Å². The number of aryl methyl sites for hydroxylation is 2. The number of nitrogens with one attached hydrogen (secondary N) is 1. The van der Waals surface area contributed by atoms with E-state index in [4.69, 9.17) is 11.6 Å². The maximum atomic E-state index is 6.25. The SMILES string of the molecule is CCNCC(CC)Cc1c(Cl)c(C)nn1C. The summed E-state index contributed by atoms with van der Waals surface area (Å²) < 4.78 is 1.91. The monoisotopic (exact) mass is 243 g/mol. The summed E-state index contributed by atoms with van der Waals surface area (Å²) in [5.74, 6) is 0.632. The smallest absolute Gasteiger partial charge is 0.0847 e. The lowest BCUT2D eigenvalue weighted by molar-refractivity contribution is 0.454. The third-order valence-electron chi connectivity index (χ3n) is 3.00. The zero-order valence-electron chi connectivity index (χ0n) is 10.7. The molecule has 0 fully saturated rings. The standard InChI is InChI=1S/C12H22ClN3/c1-5-10(8-14-6-2)7-11-12(13)9(3)15-16(11)4/h10,14H,5-8H2,1-4H3. The summed E-state index contributed by atoms with van der Waals surface area (Å²) >= 11 is 6.25. The minimum absolute atomic E-state index is 0.632. The molecule has 1 N–H and O–H groups in total. The van der Waals surface area contributed by atoms with Crippen molar-refractivity contribution < 1.29 is 0 Å². The first kappa shape index (κ1) is 13.5. The van der Waals surface area contributed by atoms with E-state index in [0.717, 1.165) is 42.3 Å². The molecule has 0 aromatic carbocycles. The molecular formula is C12H22ClN3. The Morgan fingerprint density at radius 2 is 2.12 bits per heavy atom. The largest absolute Gasteiger partial charge is 0.317 e. The van der Waals surface area contributed by atoms with Crippen LogP contribution in [0, 0.1) is 12.8 Å². The Hall–Kier alpha value is -0.540. The van der Waals surface area contributed by atoms with Gasteiger partial charge in [0.2, 0.25) is 0 Å². The molecule has 1 rings (SSSR count). The number of nitrogens with zero attached hydrogens (tertiary/aromatic N) is 2. The van der Waals surface area contributed by atoms with Crippen LogP contribution in [0.15, 0.2) is 0 Å². The zero-order chi connectivity index (χ0) is 12.1. The average Bonchev–Trinajstić information content (AvgIpc) is 2.50. The van der Waals surface area contributed by atoms with Crippen molar-refractivity contribution in [2.45, 2.75) is 33.6 Å². The average molecular weight is 244 g/mol. The second-order valence-corrected chi connectivity index (χ2v) is 4.63. The van der Waals surface area contributed by atoms with E-state index in [-0.39, 0.29) is 0 Å². The van der Waals surface area contributed by atoms with E-state index in [0.29, 0.717) is 5.92 Å². The Kier molecular flexibility index (Phi) is 5.29. The molecule has 1 unspecified atom stereocenters. The summed E-state index contributed by atoms with van der Waals surface area (Å²) in [6, 6.07) is 0. The van der Waals surface area contributed by atoms with Crippen molar-refractivity contribution in [2.24, 2.45) is 13.0 Å². The molecule has 0 aliphatic rings. The van der Waals surface area contributed by atoms with Crippen molar-refractivity contribution in [3.63, 3.8) is 0 Å². The Morgan fingerprint density at radius 3 is 2.56 bits per heavy atom. The molecule has 16 heavy (non-hydrogen) atoms. The Bertz CT molecular complexity index is 333. The topological polar surface area (TPSA) is 29.9 Å². The van der Waals surface area contributed by atoms with Crippen LogP contribution in [0.5, 0.6) is 0 Å². The van der Waals surface area contributed by atoms with Crippen LogP contribution in [0.3, 0.4) is 0 Å². The first-order valence-electron chi connectivity index (χ1n) is 5.98. The van der Waals surface area contributed by atoms with Crippen LogP contribution >= 0.6 is 11.6 Å². The van der Waals surface area contributed by atoms with E-state index in [9.17, 15) is 0 Å². The van der Waals surface area contributed by atoms with E-state index in [2.05, 4.69) is 24.3 Å². The fourth-order valence-corrected chi connectivity index (χ4v) is 2.12. The first-order valence-corrected chi connectivity index (χ1v) is 6.36. The van der Waals surface area contributed by atoms with Crippen LogP contribution in [0.25, 0.3) is 0 Å². The normalized spacial score (nSPS) is 13.1. The molecule has 3 nitrogen and oxygen atoms in total. The fourth-order valence-electron chi connectivity index (χ4n) is 1.88. The molecule has 92 valence electrons. The summed E-state index contributed by atoms with van der Waals surface area (Å²) in [7, 11) is 1.97. The molecule has 1 heterocycles. The van der Waals surface area contributed by atoms with Crippen LogP contribution in [0.4, 0.5) is 0 Å². The lowest BCUT2D eigenvalue weighted by Gasteiger charge is -2.15. The summed E-state index contributed by atoms with van der Waals surface area (Å²) in [4.78, 5) is 0. The maximum Gasteiger partial charge on any atom is 0.0847 e. The Balaban J connectivity index is 2.69. The number of halogens is 1. The molecule has 1 atom stereocenters. The highest BCUT2D eigenvalue weighted by Gasteiger charge is 2.15. The van der Waals surface area contributed by atoms with Gasteiger partial charge in [0, 0.05) is 7.05 Å². The molecule has 0 amide bonds. The third-order valence-corrected chi connectivity index (χ3v) is 3.50. The summed E-state index contributed by atoms with van der Waals surface area (Å²) in [5, 5.41) is 8.57. The molecule has 0 saturated heterocycles. The zero-order valence-corrected chi connectivity index (χ0v) is 11.4. The van der Waals surface area contributed by atoms with Gasteiger partial charge in [-0.15, -0.1) is 0 Å². The molecule has 0 bridgehead atoms. The number of hydrogen-bond donors (Lipinski definition) is 1. The van der Waals surface area contributed by atoms with Gasteiger partial charge in [0.25, 0.3) is 0 Å². The van der Waals surface area contributed by atoms with Crippen molar-refractivity contribution in [3.8, 4) is 0 Å².